The predicted molar refractivity (Wildman–Crippen MR) is 38.6 cm³/mol. The van der Waals surface area contributed by atoms with Crippen LogP contribution >= 0.6 is 0 Å². The SMILES string of the molecule is CN1C(=O)NCC1CCN. The van der Waals surface area contributed by atoms with E-state index in [1.165, 1.54) is 0 Å². The molecule has 4 heteroatoms. The molecule has 1 unspecified atom stereocenters. The lowest BCUT2D eigenvalue weighted by atomic mass is 10.2. The van der Waals surface area contributed by atoms with Gasteiger partial charge in [0, 0.05) is 13.6 Å². The summed E-state index contributed by atoms with van der Waals surface area (Å²) in [6.07, 6.45) is 0.884. The molecule has 0 radical (unpaired) electrons. The van der Waals surface area contributed by atoms with Gasteiger partial charge in [-0.3, -0.25) is 0 Å². The van der Waals surface area contributed by atoms with Crippen LogP contribution in [0.15, 0.2) is 0 Å². The van der Waals surface area contributed by atoms with Crippen LogP contribution in [0.1, 0.15) is 6.42 Å². The Labute approximate surface area is 60.4 Å². The fourth-order valence-corrected chi connectivity index (χ4v) is 1.12. The van der Waals surface area contributed by atoms with Crippen LogP contribution in [0.4, 0.5) is 4.79 Å². The van der Waals surface area contributed by atoms with Crippen molar-refractivity contribution in [1.29, 1.82) is 0 Å². The highest BCUT2D eigenvalue weighted by Gasteiger charge is 2.25. The molecule has 1 fully saturated rings. The molecular weight excluding hydrogens is 130 g/mol. The van der Waals surface area contributed by atoms with E-state index in [9.17, 15) is 4.79 Å². The first-order valence-electron chi connectivity index (χ1n) is 3.46. The van der Waals surface area contributed by atoms with Crippen molar-refractivity contribution in [2.75, 3.05) is 20.1 Å². The highest BCUT2D eigenvalue weighted by molar-refractivity contribution is 5.76. The zero-order valence-electron chi connectivity index (χ0n) is 6.13. The van der Waals surface area contributed by atoms with Gasteiger partial charge in [-0.05, 0) is 13.0 Å². The molecule has 0 bridgehead atoms. The van der Waals surface area contributed by atoms with Crippen molar-refractivity contribution in [3.63, 3.8) is 0 Å². The van der Waals surface area contributed by atoms with Crippen LogP contribution in [-0.4, -0.2) is 37.1 Å². The topological polar surface area (TPSA) is 58.4 Å². The van der Waals surface area contributed by atoms with Crippen LogP contribution in [0.3, 0.4) is 0 Å². The third kappa shape index (κ3) is 1.21. The molecule has 0 aromatic carbocycles. The van der Waals surface area contributed by atoms with Gasteiger partial charge in [0.25, 0.3) is 0 Å². The van der Waals surface area contributed by atoms with E-state index in [2.05, 4.69) is 5.32 Å². The first kappa shape index (κ1) is 7.34. The Morgan fingerprint density at radius 3 is 3.00 bits per heavy atom. The quantitative estimate of drug-likeness (QED) is 0.540. The number of rotatable bonds is 2. The zero-order valence-corrected chi connectivity index (χ0v) is 6.13. The molecule has 2 amide bonds. The number of hydrogen-bond donors (Lipinski definition) is 2. The molecule has 3 N–H and O–H groups in total. The molecule has 0 spiro atoms. The molecule has 58 valence electrons. The van der Waals surface area contributed by atoms with Crippen LogP contribution < -0.4 is 11.1 Å². The Hall–Kier alpha value is -0.770. The predicted octanol–water partition coefficient (Wildman–Crippen LogP) is -0.641. The Kier molecular flexibility index (Phi) is 2.11. The molecule has 4 nitrogen and oxygen atoms in total. The van der Waals surface area contributed by atoms with Gasteiger partial charge in [-0.15, -0.1) is 0 Å². The van der Waals surface area contributed by atoms with E-state index < -0.39 is 0 Å². The summed E-state index contributed by atoms with van der Waals surface area (Å²) in [5.74, 6) is 0. The minimum Gasteiger partial charge on any atom is -0.336 e. The minimum absolute atomic E-state index is 0.0125. The second-order valence-electron chi connectivity index (χ2n) is 2.53. The molecule has 1 aliphatic rings. The van der Waals surface area contributed by atoms with E-state index in [0.29, 0.717) is 12.6 Å². The highest BCUT2D eigenvalue weighted by Crippen LogP contribution is 2.05. The number of amides is 2. The Morgan fingerprint density at radius 2 is 2.60 bits per heavy atom. The summed E-state index contributed by atoms with van der Waals surface area (Å²) in [5.41, 5.74) is 5.35. The van der Waals surface area contributed by atoms with Crippen molar-refractivity contribution in [2.24, 2.45) is 5.73 Å². The van der Waals surface area contributed by atoms with Gasteiger partial charge in [0.2, 0.25) is 0 Å². The standard InChI is InChI=1S/C6H13N3O/c1-9-5(2-3-7)4-8-6(9)10/h5H,2-4,7H2,1H3,(H,8,10). The van der Waals surface area contributed by atoms with Gasteiger partial charge in [-0.25, -0.2) is 4.79 Å². The molecule has 0 saturated carbocycles. The highest BCUT2D eigenvalue weighted by atomic mass is 16.2. The molecule has 1 saturated heterocycles. The molecule has 0 aliphatic carbocycles. The first-order valence-corrected chi connectivity index (χ1v) is 3.46. The number of urea groups is 1. The van der Waals surface area contributed by atoms with Crippen molar-refractivity contribution in [2.45, 2.75) is 12.5 Å². The van der Waals surface area contributed by atoms with Gasteiger partial charge >= 0.3 is 6.03 Å². The van der Waals surface area contributed by atoms with Crippen molar-refractivity contribution in [3.05, 3.63) is 0 Å². The van der Waals surface area contributed by atoms with Crippen LogP contribution in [0, 0.1) is 0 Å². The number of nitrogens with two attached hydrogens (primary N) is 1. The van der Waals surface area contributed by atoms with E-state index in [1.807, 2.05) is 0 Å². The molecule has 10 heavy (non-hydrogen) atoms. The number of nitrogens with zero attached hydrogens (tertiary/aromatic N) is 1. The Bertz CT molecular complexity index is 137. The number of carbonyl (C=O) groups is 1. The lowest BCUT2D eigenvalue weighted by Gasteiger charge is -2.15. The normalized spacial score (nSPS) is 25.2. The summed E-state index contributed by atoms with van der Waals surface area (Å²) in [4.78, 5) is 12.5. The van der Waals surface area contributed by atoms with Gasteiger partial charge in [-0.1, -0.05) is 0 Å². The van der Waals surface area contributed by atoms with E-state index in [-0.39, 0.29) is 6.03 Å². The second-order valence-corrected chi connectivity index (χ2v) is 2.53. The van der Waals surface area contributed by atoms with Crippen LogP contribution in [-0.2, 0) is 0 Å². The van der Waals surface area contributed by atoms with Crippen molar-refractivity contribution in [3.8, 4) is 0 Å². The van der Waals surface area contributed by atoms with Crippen LogP contribution in [0.2, 0.25) is 0 Å². The number of likely N-dealkylation sites (N-methyl/N-ethyl adjacent to an activating group) is 1. The summed E-state index contributed by atoms with van der Waals surface area (Å²) >= 11 is 0. The van der Waals surface area contributed by atoms with E-state index >= 15 is 0 Å². The molecular formula is C6H13N3O. The first-order chi connectivity index (χ1) is 4.75. The minimum atomic E-state index is 0.0125. The Balaban J connectivity index is 2.41. The molecule has 1 heterocycles. The molecule has 1 atom stereocenters. The van der Waals surface area contributed by atoms with Crippen molar-refractivity contribution >= 4 is 6.03 Å². The van der Waals surface area contributed by atoms with Gasteiger partial charge < -0.3 is 16.0 Å². The van der Waals surface area contributed by atoms with Crippen molar-refractivity contribution < 1.29 is 4.79 Å². The van der Waals surface area contributed by atoms with E-state index in [1.54, 1.807) is 11.9 Å². The van der Waals surface area contributed by atoms with Crippen LogP contribution in [0.5, 0.6) is 0 Å². The monoisotopic (exact) mass is 143 g/mol. The van der Waals surface area contributed by atoms with E-state index in [0.717, 1.165) is 13.0 Å². The third-order valence-electron chi connectivity index (χ3n) is 1.86. The van der Waals surface area contributed by atoms with Crippen molar-refractivity contribution in [1.82, 2.24) is 10.2 Å². The molecule has 1 rings (SSSR count). The molecule has 0 aromatic rings. The Morgan fingerprint density at radius 1 is 1.90 bits per heavy atom. The average molecular weight is 143 g/mol. The maximum Gasteiger partial charge on any atom is 0.317 e. The fourth-order valence-electron chi connectivity index (χ4n) is 1.12. The zero-order chi connectivity index (χ0) is 7.56. The van der Waals surface area contributed by atoms with Gasteiger partial charge in [0.1, 0.15) is 0 Å². The smallest absolute Gasteiger partial charge is 0.317 e. The third-order valence-corrected chi connectivity index (χ3v) is 1.86. The van der Waals surface area contributed by atoms with Crippen LogP contribution in [0.25, 0.3) is 0 Å². The van der Waals surface area contributed by atoms with E-state index in [4.69, 9.17) is 5.73 Å². The van der Waals surface area contributed by atoms with Gasteiger partial charge in [0.15, 0.2) is 0 Å². The lowest BCUT2D eigenvalue weighted by Crippen LogP contribution is -2.31. The van der Waals surface area contributed by atoms with Gasteiger partial charge in [-0.2, -0.15) is 0 Å². The summed E-state index contributed by atoms with van der Waals surface area (Å²) in [7, 11) is 1.79. The maximum absolute atomic E-state index is 10.8. The second kappa shape index (κ2) is 2.88. The fraction of sp³-hybridized carbons (Fsp3) is 0.833. The summed E-state index contributed by atoms with van der Waals surface area (Å²) < 4.78 is 0. The maximum atomic E-state index is 10.8. The molecule has 1 aliphatic heterocycles. The summed E-state index contributed by atoms with van der Waals surface area (Å²) in [6.45, 7) is 1.39. The average Bonchev–Trinajstić information content (AvgIpc) is 2.20. The number of nitrogens with one attached hydrogen (secondary N) is 1. The summed E-state index contributed by atoms with van der Waals surface area (Å²) in [5, 5.41) is 2.74. The molecule has 0 aromatic heterocycles. The number of carbonyl (C=O) groups excluding carboxylic acids is 1. The largest absolute Gasteiger partial charge is 0.336 e. The van der Waals surface area contributed by atoms with Gasteiger partial charge in [0.05, 0.1) is 6.04 Å². The lowest BCUT2D eigenvalue weighted by molar-refractivity contribution is 0.215. The summed E-state index contributed by atoms with van der Waals surface area (Å²) in [6, 6.07) is 0.316. The number of hydrogen-bond acceptors (Lipinski definition) is 2.